The third-order valence-corrected chi connectivity index (χ3v) is 5.06. The van der Waals surface area contributed by atoms with Gasteiger partial charge in [0.25, 0.3) is 0 Å². The van der Waals surface area contributed by atoms with Crippen LogP contribution in [0.4, 0.5) is 10.6 Å². The van der Waals surface area contributed by atoms with E-state index in [1.807, 2.05) is 6.92 Å². The van der Waals surface area contributed by atoms with Crippen LogP contribution in [0.15, 0.2) is 30.5 Å². The molecular formula is C22H30N5O6+. The number of hydrogen-bond donors (Lipinski definition) is 1. The van der Waals surface area contributed by atoms with Gasteiger partial charge in [0.15, 0.2) is 16.1 Å². The van der Waals surface area contributed by atoms with E-state index in [-0.39, 0.29) is 18.5 Å². The zero-order valence-electron chi connectivity index (χ0n) is 19.4. The Labute approximate surface area is 192 Å². The van der Waals surface area contributed by atoms with Crippen LogP contribution >= 0.6 is 0 Å². The number of imidazole rings is 1. The summed E-state index contributed by atoms with van der Waals surface area (Å²) in [6.07, 6.45) is 1.25. The lowest BCUT2D eigenvalue weighted by Gasteiger charge is -2.26. The van der Waals surface area contributed by atoms with Crippen LogP contribution < -0.4 is 19.5 Å². The molecule has 1 amide bonds. The number of benzene rings is 1. The van der Waals surface area contributed by atoms with Gasteiger partial charge >= 0.3 is 17.9 Å². The van der Waals surface area contributed by atoms with Crippen LogP contribution in [-0.4, -0.2) is 69.5 Å². The lowest BCUT2D eigenvalue weighted by atomic mass is 10.1. The van der Waals surface area contributed by atoms with Gasteiger partial charge in [-0.05, 0) is 56.9 Å². The highest BCUT2D eigenvalue weighted by atomic mass is 16.8. The predicted molar refractivity (Wildman–Crippen MR) is 118 cm³/mol. The number of aromatic nitrogens is 2. The normalized spacial score (nSPS) is 20.1. The van der Waals surface area contributed by atoms with Crippen molar-refractivity contribution in [3.8, 4) is 17.5 Å². The Hall–Kier alpha value is -3.34. The van der Waals surface area contributed by atoms with Gasteiger partial charge in [0.1, 0.15) is 24.3 Å². The molecule has 2 aliphatic heterocycles. The molecule has 0 bridgehead atoms. The molecule has 0 radical (unpaired) electrons. The summed E-state index contributed by atoms with van der Waals surface area (Å²) >= 11 is 0. The summed E-state index contributed by atoms with van der Waals surface area (Å²) < 4.78 is 19.0. The molecule has 1 atom stereocenters. The summed E-state index contributed by atoms with van der Waals surface area (Å²) in [5.74, 6) is 1.21. The van der Waals surface area contributed by atoms with Crippen LogP contribution in [0, 0.1) is 4.91 Å². The van der Waals surface area contributed by atoms with E-state index in [4.69, 9.17) is 19.0 Å². The maximum Gasteiger partial charge on any atom is 0.430 e. The van der Waals surface area contributed by atoms with Gasteiger partial charge in [-0.25, -0.2) is 4.79 Å². The number of hydrogen-bond acceptors (Lipinski definition) is 8. The average molecular weight is 461 g/mol. The molecule has 1 unspecified atom stereocenters. The van der Waals surface area contributed by atoms with E-state index in [1.54, 1.807) is 60.7 Å². The van der Waals surface area contributed by atoms with E-state index < -0.39 is 11.2 Å². The predicted octanol–water partition coefficient (Wildman–Crippen LogP) is 2.66. The van der Waals surface area contributed by atoms with E-state index in [0.717, 1.165) is 13.1 Å². The highest BCUT2D eigenvalue weighted by molar-refractivity contribution is 5.70. The highest BCUT2D eigenvalue weighted by Gasteiger charge is 2.42. The standard InChI is InChI=1S/C22H30N5O6/c1-21(2,3)33-27(29)18-13-26-14-22(4,32-19(26)24-18)15-30-16-5-7-17(8-6-16)31-20(28)25-11-9-23-10-12-25/h5-8,13,23H,9-12,14-15H2,1-4H3/q+1. The Balaban J connectivity index is 1.28. The summed E-state index contributed by atoms with van der Waals surface area (Å²) in [6, 6.07) is 7.22. The van der Waals surface area contributed by atoms with Gasteiger partial charge in [-0.3, -0.25) is 9.40 Å². The minimum Gasteiger partial charge on any atom is -0.489 e. The first kappa shape index (κ1) is 22.8. The fraction of sp³-hybridized carbons (Fsp3) is 0.545. The van der Waals surface area contributed by atoms with Gasteiger partial charge in [0, 0.05) is 31.2 Å². The first-order valence-electron chi connectivity index (χ1n) is 10.9. The minimum absolute atomic E-state index is 0.133. The molecule has 1 aromatic carbocycles. The number of carbonyl (C=O) groups excluding carboxylic acids is 1. The fourth-order valence-electron chi connectivity index (χ4n) is 3.50. The monoisotopic (exact) mass is 460 g/mol. The van der Waals surface area contributed by atoms with Gasteiger partial charge in [-0.2, -0.15) is 0 Å². The number of rotatable bonds is 6. The molecule has 11 nitrogen and oxygen atoms in total. The van der Waals surface area contributed by atoms with Crippen LogP contribution in [-0.2, 0) is 11.4 Å². The molecule has 1 aromatic heterocycles. The summed E-state index contributed by atoms with van der Waals surface area (Å²) in [4.78, 5) is 35.9. The van der Waals surface area contributed by atoms with E-state index in [0.29, 0.717) is 42.1 Å². The Morgan fingerprint density at radius 3 is 2.52 bits per heavy atom. The second kappa shape index (κ2) is 8.89. The van der Waals surface area contributed by atoms with Gasteiger partial charge in [0.2, 0.25) is 0 Å². The van der Waals surface area contributed by atoms with Crippen molar-refractivity contribution >= 4 is 11.9 Å². The second-order valence-electron chi connectivity index (χ2n) is 9.39. The highest BCUT2D eigenvalue weighted by Crippen LogP contribution is 2.32. The van der Waals surface area contributed by atoms with Crippen molar-refractivity contribution in [1.82, 2.24) is 19.8 Å². The number of ether oxygens (including phenoxy) is 3. The summed E-state index contributed by atoms with van der Waals surface area (Å²) in [7, 11) is 0. The van der Waals surface area contributed by atoms with Crippen LogP contribution in [0.3, 0.4) is 0 Å². The van der Waals surface area contributed by atoms with Crippen molar-refractivity contribution in [3.63, 3.8) is 0 Å². The largest absolute Gasteiger partial charge is 0.489 e. The summed E-state index contributed by atoms with van der Waals surface area (Å²) in [5.41, 5.74) is -1.27. The zero-order valence-corrected chi connectivity index (χ0v) is 19.4. The van der Waals surface area contributed by atoms with Crippen LogP contribution in [0.1, 0.15) is 27.7 Å². The number of carbonyl (C=O) groups is 1. The molecule has 2 aliphatic rings. The Morgan fingerprint density at radius 1 is 1.21 bits per heavy atom. The molecular weight excluding hydrogens is 430 g/mol. The first-order valence-corrected chi connectivity index (χ1v) is 10.9. The smallest absolute Gasteiger partial charge is 0.430 e. The number of amides is 1. The van der Waals surface area contributed by atoms with Crippen LogP contribution in [0.25, 0.3) is 0 Å². The van der Waals surface area contributed by atoms with E-state index in [2.05, 4.69) is 10.3 Å². The maximum atomic E-state index is 12.2. The number of nitrogens with one attached hydrogen (secondary N) is 1. The number of piperazine rings is 1. The van der Waals surface area contributed by atoms with Crippen molar-refractivity contribution in [2.75, 3.05) is 32.8 Å². The van der Waals surface area contributed by atoms with Crippen LogP contribution in [0.2, 0.25) is 0 Å². The summed E-state index contributed by atoms with van der Waals surface area (Å²) in [6.45, 7) is 10.8. The van der Waals surface area contributed by atoms with E-state index in [9.17, 15) is 9.70 Å². The molecule has 0 saturated carbocycles. The Bertz CT molecular complexity index is 984. The molecule has 2 aromatic rings. The molecule has 0 aliphatic carbocycles. The molecule has 11 heteroatoms. The Morgan fingerprint density at radius 2 is 1.88 bits per heavy atom. The first-order chi connectivity index (χ1) is 15.6. The molecule has 1 saturated heterocycles. The van der Waals surface area contributed by atoms with Gasteiger partial charge in [0.05, 0.1) is 6.54 Å². The minimum atomic E-state index is -0.646. The molecule has 178 valence electrons. The van der Waals surface area contributed by atoms with E-state index in [1.165, 1.54) is 0 Å². The van der Waals surface area contributed by atoms with Crippen molar-refractivity contribution < 1.29 is 28.8 Å². The Kier molecular flexibility index (Phi) is 6.15. The van der Waals surface area contributed by atoms with Gasteiger partial charge in [-0.15, -0.1) is 0 Å². The molecule has 1 N–H and O–H groups in total. The summed E-state index contributed by atoms with van der Waals surface area (Å²) in [5, 5.41) is 3.20. The zero-order chi connectivity index (χ0) is 23.6. The number of nitrogens with zero attached hydrogens (tertiary/aromatic N) is 4. The van der Waals surface area contributed by atoms with Crippen molar-refractivity contribution in [2.24, 2.45) is 0 Å². The van der Waals surface area contributed by atoms with Crippen molar-refractivity contribution in [3.05, 3.63) is 35.4 Å². The third-order valence-electron chi connectivity index (χ3n) is 5.06. The molecule has 3 heterocycles. The lowest BCUT2D eigenvalue weighted by Crippen LogP contribution is -2.47. The van der Waals surface area contributed by atoms with Gasteiger partial charge in [-0.1, -0.05) is 0 Å². The number of fused-ring (bicyclic) bond motifs is 1. The SMILES string of the molecule is CC(C)(C)O[N+](=O)c1cn2c(n1)OC(C)(COc1ccc(OC(=O)N3CCNCC3)cc1)C2. The third kappa shape index (κ3) is 5.72. The topological polar surface area (TPSA) is 107 Å². The van der Waals surface area contributed by atoms with Crippen LogP contribution in [0.5, 0.6) is 17.5 Å². The molecule has 4 rings (SSSR count). The van der Waals surface area contributed by atoms with Crippen molar-refractivity contribution in [1.29, 1.82) is 0 Å². The molecule has 1 fully saturated rings. The fourth-order valence-corrected chi connectivity index (χ4v) is 3.50. The lowest BCUT2D eigenvalue weighted by molar-refractivity contribution is -0.768. The van der Waals surface area contributed by atoms with Gasteiger partial charge < -0.3 is 24.4 Å². The van der Waals surface area contributed by atoms with Crippen molar-refractivity contribution in [2.45, 2.75) is 45.4 Å². The molecule has 0 spiro atoms. The van der Waals surface area contributed by atoms with E-state index >= 15 is 0 Å². The second-order valence-corrected chi connectivity index (χ2v) is 9.39. The quantitative estimate of drug-likeness (QED) is 0.656. The average Bonchev–Trinajstić information content (AvgIpc) is 3.28. The maximum absolute atomic E-state index is 12.2. The molecule has 33 heavy (non-hydrogen) atoms.